The van der Waals surface area contributed by atoms with Crippen LogP contribution in [-0.4, -0.2) is 17.8 Å². The lowest BCUT2D eigenvalue weighted by atomic mass is 10.1. The van der Waals surface area contributed by atoms with E-state index in [1.54, 1.807) is 0 Å². The van der Waals surface area contributed by atoms with Crippen molar-refractivity contribution in [3.05, 3.63) is 0 Å². The minimum atomic E-state index is 0.249. The summed E-state index contributed by atoms with van der Waals surface area (Å²) in [6, 6.07) is 0. The molecule has 0 saturated carbocycles. The number of carbonyl (C=O) groups excluding carboxylic acids is 1. The van der Waals surface area contributed by atoms with Gasteiger partial charge in [-0.25, -0.2) is 0 Å². The van der Waals surface area contributed by atoms with Crippen LogP contribution in [0.4, 0.5) is 0 Å². The van der Waals surface area contributed by atoms with E-state index in [0.29, 0.717) is 0 Å². The van der Waals surface area contributed by atoms with E-state index in [2.05, 4.69) is 28.2 Å². The fraction of sp³-hybridized carbons (Fsp3) is 0.941. The van der Waals surface area contributed by atoms with Crippen LogP contribution in [0.1, 0.15) is 90.4 Å². The third-order valence-corrected chi connectivity index (χ3v) is 4.20. The predicted octanol–water partition coefficient (Wildman–Crippen LogP) is 5.59. The second-order valence-corrected chi connectivity index (χ2v) is 6.47. The topological polar surface area (TPSA) is 29.1 Å². The summed E-state index contributed by atoms with van der Waals surface area (Å²) in [5.74, 6) is 0.249. The lowest BCUT2D eigenvalue weighted by Crippen LogP contribution is -2.23. The highest BCUT2D eigenvalue weighted by Crippen LogP contribution is 2.10. The Kier molecular flexibility index (Phi) is 17.0. The van der Waals surface area contributed by atoms with Gasteiger partial charge in [0.15, 0.2) is 0 Å². The molecule has 0 saturated heterocycles. The first-order valence-corrected chi connectivity index (χ1v) is 9.76. The monoisotopic (exact) mass is 347 g/mol. The first kappa shape index (κ1) is 19.9. The zero-order valence-electron chi connectivity index (χ0n) is 13.4. The molecule has 0 aliphatic rings. The van der Waals surface area contributed by atoms with Crippen molar-refractivity contribution in [2.75, 3.05) is 11.9 Å². The van der Waals surface area contributed by atoms with Gasteiger partial charge in [-0.1, -0.05) is 80.6 Å². The van der Waals surface area contributed by atoms with E-state index in [-0.39, 0.29) is 5.91 Å². The standard InChI is InChI=1S/C17H34BrNO/c1-2-3-4-13-16-19-17(20)14-11-9-7-5-6-8-10-12-15-18/h2-16H2,1H3,(H,19,20). The number of rotatable bonds is 15. The Hall–Kier alpha value is -0.0500. The highest BCUT2D eigenvalue weighted by molar-refractivity contribution is 9.09. The van der Waals surface area contributed by atoms with Gasteiger partial charge in [0.05, 0.1) is 0 Å². The van der Waals surface area contributed by atoms with Gasteiger partial charge in [0.2, 0.25) is 5.91 Å². The minimum absolute atomic E-state index is 0.249. The van der Waals surface area contributed by atoms with Gasteiger partial charge in [-0.2, -0.15) is 0 Å². The average Bonchev–Trinajstić information content (AvgIpc) is 2.45. The van der Waals surface area contributed by atoms with Crippen LogP contribution < -0.4 is 5.32 Å². The number of hydrogen-bond acceptors (Lipinski definition) is 1. The van der Waals surface area contributed by atoms with Crippen molar-refractivity contribution in [1.29, 1.82) is 0 Å². The molecule has 20 heavy (non-hydrogen) atoms. The van der Waals surface area contributed by atoms with Crippen molar-refractivity contribution >= 4 is 21.8 Å². The number of amides is 1. The Morgan fingerprint density at radius 3 is 1.95 bits per heavy atom. The van der Waals surface area contributed by atoms with Gasteiger partial charge in [-0.15, -0.1) is 0 Å². The van der Waals surface area contributed by atoms with Gasteiger partial charge in [0.1, 0.15) is 0 Å². The van der Waals surface area contributed by atoms with Gasteiger partial charge >= 0.3 is 0 Å². The zero-order chi connectivity index (χ0) is 14.9. The summed E-state index contributed by atoms with van der Waals surface area (Å²) >= 11 is 3.46. The van der Waals surface area contributed by atoms with Crippen LogP contribution in [0.5, 0.6) is 0 Å². The summed E-state index contributed by atoms with van der Waals surface area (Å²) < 4.78 is 0. The summed E-state index contributed by atoms with van der Waals surface area (Å²) in [5.41, 5.74) is 0. The molecule has 0 aliphatic heterocycles. The molecule has 0 unspecified atom stereocenters. The van der Waals surface area contributed by atoms with Crippen molar-refractivity contribution < 1.29 is 4.79 Å². The van der Waals surface area contributed by atoms with Crippen molar-refractivity contribution in [3.63, 3.8) is 0 Å². The molecule has 0 aromatic carbocycles. The van der Waals surface area contributed by atoms with Gasteiger partial charge < -0.3 is 5.32 Å². The fourth-order valence-electron chi connectivity index (χ4n) is 2.31. The van der Waals surface area contributed by atoms with Crippen LogP contribution in [0.15, 0.2) is 0 Å². The Balaban J connectivity index is 3.11. The Morgan fingerprint density at radius 1 is 0.800 bits per heavy atom. The molecular weight excluding hydrogens is 314 g/mol. The lowest BCUT2D eigenvalue weighted by Gasteiger charge is -2.05. The molecule has 0 rings (SSSR count). The fourth-order valence-corrected chi connectivity index (χ4v) is 2.71. The molecule has 0 aliphatic carbocycles. The zero-order valence-corrected chi connectivity index (χ0v) is 15.0. The van der Waals surface area contributed by atoms with Crippen LogP contribution in [-0.2, 0) is 4.79 Å². The summed E-state index contributed by atoms with van der Waals surface area (Å²) in [7, 11) is 0. The smallest absolute Gasteiger partial charge is 0.219 e. The molecule has 0 aromatic rings. The maximum absolute atomic E-state index is 11.6. The van der Waals surface area contributed by atoms with E-state index in [4.69, 9.17) is 0 Å². The van der Waals surface area contributed by atoms with Gasteiger partial charge in [-0.05, 0) is 19.3 Å². The molecule has 0 fully saturated rings. The number of alkyl halides is 1. The van der Waals surface area contributed by atoms with Crippen molar-refractivity contribution in [2.24, 2.45) is 0 Å². The van der Waals surface area contributed by atoms with E-state index in [0.717, 1.165) is 31.1 Å². The molecule has 3 heteroatoms. The third kappa shape index (κ3) is 16.0. The maximum Gasteiger partial charge on any atom is 0.219 e. The molecule has 0 bridgehead atoms. The molecule has 0 atom stereocenters. The first-order chi connectivity index (χ1) is 9.81. The molecule has 1 N–H and O–H groups in total. The van der Waals surface area contributed by atoms with Crippen LogP contribution in [0.3, 0.4) is 0 Å². The predicted molar refractivity (Wildman–Crippen MR) is 92.5 cm³/mol. The molecular formula is C17H34BrNO. The molecule has 0 heterocycles. The maximum atomic E-state index is 11.6. The highest BCUT2D eigenvalue weighted by Gasteiger charge is 2.00. The van der Waals surface area contributed by atoms with E-state index in [1.807, 2.05) is 0 Å². The van der Waals surface area contributed by atoms with E-state index < -0.39 is 0 Å². The molecule has 2 nitrogen and oxygen atoms in total. The van der Waals surface area contributed by atoms with E-state index >= 15 is 0 Å². The summed E-state index contributed by atoms with van der Waals surface area (Å²) in [6.07, 6.45) is 15.9. The molecule has 120 valence electrons. The largest absolute Gasteiger partial charge is 0.356 e. The van der Waals surface area contributed by atoms with Crippen LogP contribution in [0, 0.1) is 0 Å². The lowest BCUT2D eigenvalue weighted by molar-refractivity contribution is -0.121. The first-order valence-electron chi connectivity index (χ1n) is 8.64. The van der Waals surface area contributed by atoms with E-state index in [1.165, 1.54) is 64.2 Å². The second kappa shape index (κ2) is 17.0. The summed E-state index contributed by atoms with van der Waals surface area (Å²) in [5, 5.41) is 4.16. The number of carbonyl (C=O) groups is 1. The number of nitrogens with one attached hydrogen (secondary N) is 1. The third-order valence-electron chi connectivity index (χ3n) is 3.64. The number of halogens is 1. The number of hydrogen-bond donors (Lipinski definition) is 1. The Morgan fingerprint density at radius 2 is 1.35 bits per heavy atom. The highest BCUT2D eigenvalue weighted by atomic mass is 79.9. The quantitative estimate of drug-likeness (QED) is 0.303. The van der Waals surface area contributed by atoms with Gasteiger partial charge in [0, 0.05) is 18.3 Å². The van der Waals surface area contributed by atoms with Crippen LogP contribution in [0.25, 0.3) is 0 Å². The van der Waals surface area contributed by atoms with Crippen molar-refractivity contribution in [3.8, 4) is 0 Å². The van der Waals surface area contributed by atoms with E-state index in [9.17, 15) is 4.79 Å². The molecule has 1 amide bonds. The summed E-state index contributed by atoms with van der Waals surface area (Å²) in [4.78, 5) is 11.6. The molecule has 0 spiro atoms. The second-order valence-electron chi connectivity index (χ2n) is 5.68. The van der Waals surface area contributed by atoms with Crippen LogP contribution in [0.2, 0.25) is 0 Å². The van der Waals surface area contributed by atoms with Gasteiger partial charge in [-0.3, -0.25) is 4.79 Å². The number of unbranched alkanes of at least 4 members (excludes halogenated alkanes) is 10. The van der Waals surface area contributed by atoms with Crippen molar-refractivity contribution in [1.82, 2.24) is 5.32 Å². The SMILES string of the molecule is CCCCCCNC(=O)CCCCCCCCCCBr. The van der Waals surface area contributed by atoms with Crippen molar-refractivity contribution in [2.45, 2.75) is 90.4 Å². The Labute approximate surface area is 134 Å². The molecule has 0 aromatic heterocycles. The molecule has 0 radical (unpaired) electrons. The summed E-state index contributed by atoms with van der Waals surface area (Å²) in [6.45, 7) is 3.08. The average molecular weight is 348 g/mol. The Bertz CT molecular complexity index is 209. The normalized spacial score (nSPS) is 10.7. The van der Waals surface area contributed by atoms with Crippen LogP contribution >= 0.6 is 15.9 Å². The van der Waals surface area contributed by atoms with Gasteiger partial charge in [0.25, 0.3) is 0 Å². The minimum Gasteiger partial charge on any atom is -0.356 e.